The smallest absolute Gasteiger partial charge is 0.0884 e. The summed E-state index contributed by atoms with van der Waals surface area (Å²) in [5.41, 5.74) is -0.800. The van der Waals surface area contributed by atoms with Crippen LogP contribution in [0.4, 0.5) is 0 Å². The highest BCUT2D eigenvalue weighted by Gasteiger charge is 2.47. The quantitative estimate of drug-likeness (QED) is 0.697. The first-order valence-electron chi connectivity index (χ1n) is 6.10. The molecule has 0 aromatic rings. The summed E-state index contributed by atoms with van der Waals surface area (Å²) in [5, 5.41) is 10.8. The highest BCUT2D eigenvalue weighted by Crippen LogP contribution is 2.48. The van der Waals surface area contributed by atoms with E-state index in [0.29, 0.717) is 5.92 Å². The molecule has 0 aromatic heterocycles. The lowest BCUT2D eigenvalue weighted by molar-refractivity contribution is -0.0703. The Balaban J connectivity index is 2.91. The molecule has 1 aliphatic carbocycles. The zero-order valence-corrected chi connectivity index (χ0v) is 10.6. The van der Waals surface area contributed by atoms with Gasteiger partial charge in [-0.25, -0.2) is 0 Å². The van der Waals surface area contributed by atoms with Crippen molar-refractivity contribution in [2.75, 3.05) is 0 Å². The Morgan fingerprint density at radius 1 is 1.38 bits per heavy atom. The monoisotopic (exact) mass is 220 g/mol. The van der Waals surface area contributed by atoms with Crippen molar-refractivity contribution >= 4 is 0 Å². The van der Waals surface area contributed by atoms with E-state index in [9.17, 15) is 5.11 Å². The van der Waals surface area contributed by atoms with Gasteiger partial charge in [-0.1, -0.05) is 38.2 Å². The number of allylic oxidation sites excluding steroid dienone is 3. The number of rotatable bonds is 5. The van der Waals surface area contributed by atoms with Gasteiger partial charge in [0.2, 0.25) is 0 Å². The topological polar surface area (TPSA) is 20.2 Å². The number of hydrogen-bond acceptors (Lipinski definition) is 1. The van der Waals surface area contributed by atoms with Crippen LogP contribution in [0.15, 0.2) is 37.5 Å². The van der Waals surface area contributed by atoms with E-state index >= 15 is 0 Å². The fraction of sp³-hybridized carbons (Fsp3) is 0.600. The van der Waals surface area contributed by atoms with E-state index in [0.717, 1.165) is 25.7 Å². The maximum absolute atomic E-state index is 10.8. The minimum absolute atomic E-state index is 0.0983. The molecular formula is C15H24O. The predicted octanol–water partition coefficient (Wildman–Crippen LogP) is 3.86. The third-order valence-corrected chi connectivity index (χ3v) is 4.13. The highest BCUT2D eigenvalue weighted by atomic mass is 16.3. The van der Waals surface area contributed by atoms with Gasteiger partial charge >= 0.3 is 0 Å². The summed E-state index contributed by atoms with van der Waals surface area (Å²) in [6, 6.07) is 0. The molecule has 0 saturated carbocycles. The minimum Gasteiger partial charge on any atom is -0.385 e. The summed E-state index contributed by atoms with van der Waals surface area (Å²) in [6.07, 6.45) is 11.5. The van der Waals surface area contributed by atoms with Crippen LogP contribution in [0.25, 0.3) is 0 Å². The second-order valence-corrected chi connectivity index (χ2v) is 5.33. The fourth-order valence-electron chi connectivity index (χ4n) is 2.61. The van der Waals surface area contributed by atoms with Crippen LogP contribution in [0, 0.1) is 11.3 Å². The maximum atomic E-state index is 10.8. The molecule has 0 bridgehead atoms. The van der Waals surface area contributed by atoms with Gasteiger partial charge in [0.25, 0.3) is 0 Å². The Labute approximate surface area is 99.6 Å². The lowest BCUT2D eigenvalue weighted by Gasteiger charge is -2.48. The van der Waals surface area contributed by atoms with E-state index in [1.54, 1.807) is 0 Å². The van der Waals surface area contributed by atoms with Crippen molar-refractivity contribution in [1.82, 2.24) is 0 Å². The van der Waals surface area contributed by atoms with Crippen molar-refractivity contribution in [2.45, 2.75) is 45.1 Å². The molecule has 1 nitrogen and oxygen atoms in total. The van der Waals surface area contributed by atoms with Gasteiger partial charge in [0.15, 0.2) is 0 Å². The van der Waals surface area contributed by atoms with Crippen LogP contribution in [0.5, 0.6) is 0 Å². The zero-order valence-electron chi connectivity index (χ0n) is 10.6. The third kappa shape index (κ3) is 2.30. The SMILES string of the molecule is C=CCCC1(O)C=CC[C@H](CC=C)C1(C)C. The van der Waals surface area contributed by atoms with Crippen LogP contribution in [-0.4, -0.2) is 10.7 Å². The zero-order chi connectivity index (χ0) is 12.2. The molecule has 1 heteroatoms. The highest BCUT2D eigenvalue weighted by molar-refractivity contribution is 5.16. The molecule has 1 unspecified atom stereocenters. The van der Waals surface area contributed by atoms with Crippen molar-refractivity contribution in [3.63, 3.8) is 0 Å². The molecule has 0 spiro atoms. The van der Waals surface area contributed by atoms with E-state index in [4.69, 9.17) is 0 Å². The van der Waals surface area contributed by atoms with Crippen LogP contribution in [0.2, 0.25) is 0 Å². The average molecular weight is 220 g/mol. The summed E-state index contributed by atoms with van der Waals surface area (Å²) in [5.74, 6) is 0.477. The van der Waals surface area contributed by atoms with Crippen molar-refractivity contribution in [3.8, 4) is 0 Å². The van der Waals surface area contributed by atoms with Crippen LogP contribution in [-0.2, 0) is 0 Å². The van der Waals surface area contributed by atoms with E-state index in [-0.39, 0.29) is 5.41 Å². The summed E-state index contributed by atoms with van der Waals surface area (Å²) in [7, 11) is 0. The minimum atomic E-state index is -0.701. The number of aliphatic hydroxyl groups is 1. The second kappa shape index (κ2) is 5.01. The second-order valence-electron chi connectivity index (χ2n) is 5.33. The van der Waals surface area contributed by atoms with E-state index in [1.807, 2.05) is 18.2 Å². The van der Waals surface area contributed by atoms with Gasteiger partial charge in [-0.3, -0.25) is 0 Å². The Morgan fingerprint density at radius 3 is 2.62 bits per heavy atom. The van der Waals surface area contributed by atoms with Crippen molar-refractivity contribution < 1.29 is 5.11 Å². The Hall–Kier alpha value is -0.820. The standard InChI is InChI=1S/C15H24O/c1-5-7-11-15(16)12-8-10-13(9-6-2)14(15,3)4/h5-6,8,12-13,16H,1-2,7,9-11H2,3-4H3/t13-,15?/m0/s1. The van der Waals surface area contributed by atoms with Gasteiger partial charge in [-0.2, -0.15) is 0 Å². The maximum Gasteiger partial charge on any atom is 0.0884 e. The molecule has 1 aliphatic rings. The first-order valence-corrected chi connectivity index (χ1v) is 6.10. The van der Waals surface area contributed by atoms with E-state index in [2.05, 4.69) is 33.1 Å². The lowest BCUT2D eigenvalue weighted by Crippen LogP contribution is -2.49. The first-order chi connectivity index (χ1) is 7.48. The van der Waals surface area contributed by atoms with Gasteiger partial charge in [0.05, 0.1) is 5.60 Å². The van der Waals surface area contributed by atoms with Gasteiger partial charge in [0, 0.05) is 5.41 Å². The van der Waals surface area contributed by atoms with E-state index < -0.39 is 5.60 Å². The molecule has 2 atom stereocenters. The molecule has 16 heavy (non-hydrogen) atoms. The molecule has 0 saturated heterocycles. The first kappa shape index (κ1) is 13.2. The Bertz CT molecular complexity index is 288. The Morgan fingerprint density at radius 2 is 2.06 bits per heavy atom. The molecule has 90 valence electrons. The van der Waals surface area contributed by atoms with Gasteiger partial charge in [-0.15, -0.1) is 13.2 Å². The van der Waals surface area contributed by atoms with Crippen LogP contribution < -0.4 is 0 Å². The summed E-state index contributed by atoms with van der Waals surface area (Å²) in [6.45, 7) is 11.9. The molecule has 0 radical (unpaired) electrons. The fourth-order valence-corrected chi connectivity index (χ4v) is 2.61. The number of hydrogen-bond donors (Lipinski definition) is 1. The molecule has 0 heterocycles. The molecule has 0 aliphatic heterocycles. The van der Waals surface area contributed by atoms with Crippen LogP contribution in [0.3, 0.4) is 0 Å². The largest absolute Gasteiger partial charge is 0.385 e. The van der Waals surface area contributed by atoms with Crippen molar-refractivity contribution in [1.29, 1.82) is 0 Å². The molecular weight excluding hydrogens is 196 g/mol. The molecule has 0 aromatic carbocycles. The molecule has 0 fully saturated rings. The van der Waals surface area contributed by atoms with Crippen LogP contribution >= 0.6 is 0 Å². The third-order valence-electron chi connectivity index (χ3n) is 4.13. The Kier molecular flexibility index (Phi) is 4.15. The van der Waals surface area contributed by atoms with Crippen LogP contribution in [0.1, 0.15) is 39.5 Å². The normalized spacial score (nSPS) is 32.3. The molecule has 1 N–H and O–H groups in total. The average Bonchev–Trinajstić information content (AvgIpc) is 2.23. The van der Waals surface area contributed by atoms with Gasteiger partial charge < -0.3 is 5.11 Å². The van der Waals surface area contributed by atoms with Gasteiger partial charge in [-0.05, 0) is 31.6 Å². The summed E-state index contributed by atoms with van der Waals surface area (Å²) < 4.78 is 0. The molecule has 1 rings (SSSR count). The van der Waals surface area contributed by atoms with Gasteiger partial charge in [0.1, 0.15) is 0 Å². The van der Waals surface area contributed by atoms with Crippen molar-refractivity contribution in [3.05, 3.63) is 37.5 Å². The predicted molar refractivity (Wildman–Crippen MR) is 70.2 cm³/mol. The molecule has 0 amide bonds. The summed E-state index contributed by atoms with van der Waals surface area (Å²) in [4.78, 5) is 0. The van der Waals surface area contributed by atoms with Crippen molar-refractivity contribution in [2.24, 2.45) is 11.3 Å². The lowest BCUT2D eigenvalue weighted by atomic mass is 9.60. The summed E-state index contributed by atoms with van der Waals surface area (Å²) >= 11 is 0. The van der Waals surface area contributed by atoms with E-state index in [1.165, 1.54) is 0 Å².